The third-order valence-corrected chi connectivity index (χ3v) is 2.97. The monoisotopic (exact) mass is 275 g/mol. The molecule has 0 unspecified atom stereocenters. The van der Waals surface area contributed by atoms with E-state index in [1.807, 2.05) is 7.05 Å². The molecule has 0 aromatic carbocycles. The minimum atomic E-state index is -0.416. The molecule has 0 fully saturated rings. The molecule has 2 aromatic heterocycles. The van der Waals surface area contributed by atoms with Crippen LogP contribution in [0, 0.1) is 0 Å². The van der Waals surface area contributed by atoms with E-state index in [-0.39, 0.29) is 11.5 Å². The van der Waals surface area contributed by atoms with E-state index in [2.05, 4.69) is 10.3 Å². The highest BCUT2D eigenvalue weighted by Gasteiger charge is 2.15. The lowest BCUT2D eigenvalue weighted by atomic mass is 10.2. The summed E-state index contributed by atoms with van der Waals surface area (Å²) in [6.07, 6.45) is 1.53. The first kappa shape index (κ1) is 14.1. The lowest BCUT2D eigenvalue weighted by molar-refractivity contribution is 0.0795. The zero-order chi connectivity index (χ0) is 14.5. The van der Waals surface area contributed by atoms with E-state index in [1.165, 1.54) is 17.2 Å². The van der Waals surface area contributed by atoms with Crippen LogP contribution in [0.1, 0.15) is 10.4 Å². The zero-order valence-corrected chi connectivity index (χ0v) is 11.5. The van der Waals surface area contributed by atoms with E-state index in [4.69, 9.17) is 4.42 Å². The quantitative estimate of drug-likeness (QED) is 0.850. The molecule has 0 aliphatic rings. The van der Waals surface area contributed by atoms with Crippen LogP contribution >= 0.6 is 0 Å². The van der Waals surface area contributed by atoms with Crippen molar-refractivity contribution in [3.8, 4) is 11.5 Å². The average molecular weight is 275 g/mol. The van der Waals surface area contributed by atoms with Crippen molar-refractivity contribution in [1.29, 1.82) is 0 Å². The number of aromatic amines is 1. The van der Waals surface area contributed by atoms with Crippen molar-refractivity contribution in [1.82, 2.24) is 15.2 Å². The first-order valence-electron chi connectivity index (χ1n) is 6.30. The number of amides is 1. The molecule has 0 bridgehead atoms. The molecule has 0 saturated carbocycles. The second-order valence-electron chi connectivity index (χ2n) is 4.42. The van der Waals surface area contributed by atoms with Gasteiger partial charge in [0.15, 0.2) is 0 Å². The van der Waals surface area contributed by atoms with Crippen LogP contribution in [0.4, 0.5) is 0 Å². The number of furan rings is 1. The Bertz CT molecular complexity index is 631. The first-order valence-corrected chi connectivity index (χ1v) is 6.30. The Morgan fingerprint density at radius 1 is 1.40 bits per heavy atom. The number of carbonyl (C=O) groups excluding carboxylic acids is 1. The van der Waals surface area contributed by atoms with E-state index in [0.29, 0.717) is 24.5 Å². The molecule has 20 heavy (non-hydrogen) atoms. The predicted octanol–water partition coefficient (Wildman–Crippen LogP) is 0.926. The highest BCUT2D eigenvalue weighted by atomic mass is 16.3. The zero-order valence-electron chi connectivity index (χ0n) is 11.5. The van der Waals surface area contributed by atoms with Gasteiger partial charge in [0.2, 0.25) is 0 Å². The van der Waals surface area contributed by atoms with E-state index in [9.17, 15) is 9.59 Å². The molecule has 0 atom stereocenters. The number of rotatable bonds is 5. The van der Waals surface area contributed by atoms with Gasteiger partial charge in [-0.2, -0.15) is 0 Å². The molecule has 1 amide bonds. The second-order valence-corrected chi connectivity index (χ2v) is 4.42. The van der Waals surface area contributed by atoms with Crippen molar-refractivity contribution in [3.05, 3.63) is 46.4 Å². The molecular weight excluding hydrogens is 258 g/mol. The van der Waals surface area contributed by atoms with E-state index in [1.54, 1.807) is 25.2 Å². The van der Waals surface area contributed by atoms with Gasteiger partial charge >= 0.3 is 0 Å². The molecule has 6 nitrogen and oxygen atoms in total. The molecule has 2 rings (SSSR count). The van der Waals surface area contributed by atoms with Crippen LogP contribution in [0.25, 0.3) is 11.5 Å². The minimum Gasteiger partial charge on any atom is -0.463 e. The Morgan fingerprint density at radius 2 is 2.20 bits per heavy atom. The molecule has 0 aliphatic heterocycles. The predicted molar refractivity (Wildman–Crippen MR) is 75.7 cm³/mol. The number of likely N-dealkylation sites (N-methyl/N-ethyl adjacent to an activating group) is 2. The number of nitrogens with one attached hydrogen (secondary N) is 2. The fraction of sp³-hybridized carbons (Fsp3) is 0.286. The van der Waals surface area contributed by atoms with E-state index < -0.39 is 5.56 Å². The number of carbonyl (C=O) groups is 1. The van der Waals surface area contributed by atoms with Crippen molar-refractivity contribution >= 4 is 5.91 Å². The largest absolute Gasteiger partial charge is 0.463 e. The number of H-pyrrole nitrogens is 1. The van der Waals surface area contributed by atoms with Crippen LogP contribution in [0.3, 0.4) is 0 Å². The van der Waals surface area contributed by atoms with Crippen molar-refractivity contribution in [2.45, 2.75) is 0 Å². The maximum atomic E-state index is 12.1. The van der Waals surface area contributed by atoms with Crippen molar-refractivity contribution in [3.63, 3.8) is 0 Å². The highest BCUT2D eigenvalue weighted by molar-refractivity contribution is 5.93. The van der Waals surface area contributed by atoms with Gasteiger partial charge in [-0.15, -0.1) is 0 Å². The fourth-order valence-corrected chi connectivity index (χ4v) is 1.80. The van der Waals surface area contributed by atoms with Gasteiger partial charge in [0.05, 0.1) is 12.0 Å². The number of nitrogens with zero attached hydrogens (tertiary/aromatic N) is 1. The lowest BCUT2D eigenvalue weighted by Gasteiger charge is -2.16. The summed E-state index contributed by atoms with van der Waals surface area (Å²) in [6, 6.07) is 6.67. The SMILES string of the molecule is CNCCN(C)C(=O)c1ccc(-c2ccco2)[nH]c1=O. The Kier molecular flexibility index (Phi) is 4.37. The van der Waals surface area contributed by atoms with Gasteiger partial charge in [-0.1, -0.05) is 0 Å². The Labute approximate surface area is 116 Å². The molecule has 2 aromatic rings. The standard InChI is InChI=1S/C14H17N3O3/c1-15-7-8-17(2)14(19)10-5-6-11(16-13(10)18)12-4-3-9-20-12/h3-6,9,15H,7-8H2,1-2H3,(H,16,18). The summed E-state index contributed by atoms with van der Waals surface area (Å²) in [7, 11) is 3.48. The normalized spacial score (nSPS) is 10.5. The molecule has 0 aliphatic carbocycles. The smallest absolute Gasteiger partial charge is 0.261 e. The molecule has 2 heterocycles. The summed E-state index contributed by atoms with van der Waals surface area (Å²) in [5, 5.41) is 2.95. The summed E-state index contributed by atoms with van der Waals surface area (Å²) in [5.74, 6) is 0.261. The van der Waals surface area contributed by atoms with Gasteiger partial charge in [-0.25, -0.2) is 0 Å². The van der Waals surface area contributed by atoms with Crippen LogP contribution in [-0.2, 0) is 0 Å². The average Bonchev–Trinajstić information content (AvgIpc) is 2.98. The maximum Gasteiger partial charge on any atom is 0.261 e. The van der Waals surface area contributed by atoms with Crippen LogP contribution in [-0.4, -0.2) is 43.0 Å². The first-order chi connectivity index (χ1) is 9.63. The fourth-order valence-electron chi connectivity index (χ4n) is 1.80. The van der Waals surface area contributed by atoms with Gasteiger partial charge in [-0.3, -0.25) is 9.59 Å². The van der Waals surface area contributed by atoms with Crippen LogP contribution in [0.2, 0.25) is 0 Å². The number of aromatic nitrogens is 1. The van der Waals surface area contributed by atoms with Gasteiger partial charge in [-0.05, 0) is 31.3 Å². The summed E-state index contributed by atoms with van der Waals surface area (Å²) in [4.78, 5) is 28.3. The molecule has 106 valence electrons. The molecular formula is C14H17N3O3. The van der Waals surface area contributed by atoms with Gasteiger partial charge < -0.3 is 19.6 Å². The third kappa shape index (κ3) is 2.97. The number of hydrogen-bond acceptors (Lipinski definition) is 4. The van der Waals surface area contributed by atoms with Crippen LogP contribution < -0.4 is 10.9 Å². The molecule has 0 saturated heterocycles. The Hall–Kier alpha value is -2.34. The van der Waals surface area contributed by atoms with Gasteiger partial charge in [0, 0.05) is 20.1 Å². The molecule has 6 heteroatoms. The lowest BCUT2D eigenvalue weighted by Crippen LogP contribution is -2.35. The topological polar surface area (TPSA) is 78.3 Å². The summed E-state index contributed by atoms with van der Waals surface area (Å²) in [6.45, 7) is 1.21. The molecule has 0 radical (unpaired) electrons. The molecule has 2 N–H and O–H groups in total. The molecule has 0 spiro atoms. The number of hydrogen-bond donors (Lipinski definition) is 2. The summed E-state index contributed by atoms with van der Waals surface area (Å²) in [5.41, 5.74) is 0.258. The Morgan fingerprint density at radius 3 is 2.80 bits per heavy atom. The van der Waals surface area contributed by atoms with Crippen molar-refractivity contribution in [2.75, 3.05) is 27.2 Å². The number of pyridine rings is 1. The summed E-state index contributed by atoms with van der Waals surface area (Å²) >= 11 is 0. The van der Waals surface area contributed by atoms with Crippen molar-refractivity contribution < 1.29 is 9.21 Å². The maximum absolute atomic E-state index is 12.1. The Balaban J connectivity index is 2.22. The van der Waals surface area contributed by atoms with Crippen molar-refractivity contribution in [2.24, 2.45) is 0 Å². The van der Waals surface area contributed by atoms with Gasteiger partial charge in [0.1, 0.15) is 11.3 Å². The minimum absolute atomic E-state index is 0.124. The van der Waals surface area contributed by atoms with E-state index >= 15 is 0 Å². The van der Waals surface area contributed by atoms with Crippen LogP contribution in [0.5, 0.6) is 0 Å². The summed E-state index contributed by atoms with van der Waals surface area (Å²) < 4.78 is 5.20. The van der Waals surface area contributed by atoms with Gasteiger partial charge in [0.25, 0.3) is 11.5 Å². The third-order valence-electron chi connectivity index (χ3n) is 2.97. The van der Waals surface area contributed by atoms with E-state index in [0.717, 1.165) is 0 Å². The highest BCUT2D eigenvalue weighted by Crippen LogP contribution is 2.15. The second kappa shape index (κ2) is 6.21. The van der Waals surface area contributed by atoms with Crippen LogP contribution in [0.15, 0.2) is 39.7 Å².